The number of aromatic nitrogens is 1. The molecule has 0 aliphatic heterocycles. The first-order valence-electron chi connectivity index (χ1n) is 10.2. The highest BCUT2D eigenvalue weighted by molar-refractivity contribution is 7.99. The molecule has 0 spiro atoms. The van der Waals surface area contributed by atoms with E-state index in [9.17, 15) is 14.9 Å². The molecule has 1 amide bonds. The van der Waals surface area contributed by atoms with Gasteiger partial charge >= 0.3 is 0 Å². The molecule has 0 radical (unpaired) electrons. The van der Waals surface area contributed by atoms with Crippen molar-refractivity contribution in [2.45, 2.75) is 24.2 Å². The molecule has 1 aromatic heterocycles. The van der Waals surface area contributed by atoms with Gasteiger partial charge in [0.1, 0.15) is 0 Å². The molecule has 0 aliphatic carbocycles. The first-order chi connectivity index (χ1) is 15.3. The first-order valence-corrected chi connectivity index (χ1v) is 12.4. The molecule has 3 aromatic rings. The fourth-order valence-corrected chi connectivity index (χ4v) is 5.10. The van der Waals surface area contributed by atoms with Gasteiger partial charge in [0.2, 0.25) is 5.91 Å². The highest BCUT2D eigenvalue weighted by atomic mass is 35.5. The highest BCUT2D eigenvalue weighted by Gasteiger charge is 2.20. The monoisotopic (exact) mass is 492 g/mol. The molecule has 7 nitrogen and oxygen atoms in total. The van der Waals surface area contributed by atoms with Crippen molar-refractivity contribution in [2.24, 2.45) is 0 Å². The molecule has 0 aliphatic rings. The Bertz CT molecular complexity index is 1070. The van der Waals surface area contributed by atoms with Gasteiger partial charge in [0.15, 0.2) is 5.13 Å². The van der Waals surface area contributed by atoms with Gasteiger partial charge in [-0.25, -0.2) is 4.98 Å². The zero-order chi connectivity index (χ0) is 23.1. The lowest BCUT2D eigenvalue weighted by Crippen LogP contribution is -2.33. The maximum Gasteiger partial charge on any atom is 0.270 e. The number of thioether (sulfide) groups is 1. The van der Waals surface area contributed by atoms with E-state index in [2.05, 4.69) is 9.88 Å². The van der Waals surface area contributed by atoms with E-state index >= 15 is 0 Å². The molecular weight excluding hydrogens is 468 g/mol. The Kier molecular flexibility index (Phi) is 8.86. The van der Waals surface area contributed by atoms with Crippen LogP contribution < -0.4 is 4.90 Å². The summed E-state index contributed by atoms with van der Waals surface area (Å²) in [6.07, 6.45) is 1.97. The summed E-state index contributed by atoms with van der Waals surface area (Å²) in [7, 11) is 3.99. The molecule has 0 atom stereocenters. The number of hydrogen-bond donors (Lipinski definition) is 0. The number of halogens is 1. The van der Waals surface area contributed by atoms with Crippen molar-refractivity contribution in [2.75, 3.05) is 37.8 Å². The fraction of sp³-hybridized carbons (Fsp3) is 0.364. The largest absolute Gasteiger partial charge is 0.309 e. The Morgan fingerprint density at radius 2 is 1.91 bits per heavy atom. The van der Waals surface area contributed by atoms with E-state index in [1.807, 2.05) is 38.4 Å². The van der Waals surface area contributed by atoms with Crippen molar-refractivity contribution in [1.29, 1.82) is 0 Å². The van der Waals surface area contributed by atoms with Gasteiger partial charge in [-0.3, -0.25) is 19.8 Å². The Hall–Kier alpha value is -2.20. The van der Waals surface area contributed by atoms with Crippen LogP contribution in [0, 0.1) is 10.1 Å². The van der Waals surface area contributed by atoms with Gasteiger partial charge in [-0.1, -0.05) is 22.9 Å². The second kappa shape index (κ2) is 11.6. The summed E-state index contributed by atoms with van der Waals surface area (Å²) in [6.45, 7) is 1.41. The van der Waals surface area contributed by atoms with Crippen molar-refractivity contribution >= 4 is 61.6 Å². The molecule has 0 bridgehead atoms. The molecule has 170 valence electrons. The number of rotatable bonds is 11. The summed E-state index contributed by atoms with van der Waals surface area (Å²) >= 11 is 8.94. The quantitative estimate of drug-likeness (QED) is 0.147. The van der Waals surface area contributed by atoms with Crippen molar-refractivity contribution in [3.05, 3.63) is 57.6 Å². The second-order valence-electron chi connectivity index (χ2n) is 7.51. The van der Waals surface area contributed by atoms with Crippen LogP contribution in [0.1, 0.15) is 19.3 Å². The van der Waals surface area contributed by atoms with E-state index < -0.39 is 4.92 Å². The van der Waals surface area contributed by atoms with Gasteiger partial charge in [0, 0.05) is 35.0 Å². The Balaban J connectivity index is 1.67. The lowest BCUT2D eigenvalue weighted by Gasteiger charge is -2.21. The number of nitrogens with zero attached hydrogens (tertiary/aromatic N) is 4. The van der Waals surface area contributed by atoms with Gasteiger partial charge in [-0.15, -0.1) is 11.8 Å². The third-order valence-electron chi connectivity index (χ3n) is 4.71. The summed E-state index contributed by atoms with van der Waals surface area (Å²) in [5, 5.41) is 12.4. The molecular formula is C22H25ClN4O3S2. The van der Waals surface area contributed by atoms with Crippen LogP contribution >= 0.6 is 34.7 Å². The number of non-ortho nitro benzene ring substituents is 1. The van der Waals surface area contributed by atoms with Crippen LogP contribution in [-0.4, -0.2) is 53.7 Å². The van der Waals surface area contributed by atoms with E-state index in [4.69, 9.17) is 11.6 Å². The number of fused-ring (bicyclic) bond motifs is 1. The summed E-state index contributed by atoms with van der Waals surface area (Å²) in [6, 6.07) is 12.3. The van der Waals surface area contributed by atoms with Gasteiger partial charge in [0.25, 0.3) is 5.69 Å². The van der Waals surface area contributed by atoms with Gasteiger partial charge < -0.3 is 4.90 Å². The molecule has 3 rings (SSSR count). The molecule has 1 heterocycles. The van der Waals surface area contributed by atoms with Crippen LogP contribution in [0.15, 0.2) is 47.4 Å². The molecule has 2 aromatic carbocycles. The number of carbonyl (C=O) groups excluding carboxylic acids is 1. The van der Waals surface area contributed by atoms with Gasteiger partial charge in [0.05, 0.1) is 15.1 Å². The van der Waals surface area contributed by atoms with Crippen molar-refractivity contribution in [1.82, 2.24) is 9.88 Å². The fourth-order valence-electron chi connectivity index (χ4n) is 3.08. The molecule has 0 unspecified atom stereocenters. The van der Waals surface area contributed by atoms with Crippen LogP contribution in [0.25, 0.3) is 10.2 Å². The highest BCUT2D eigenvalue weighted by Crippen LogP contribution is 2.32. The SMILES string of the molecule is CN(C)CCCN(C(=O)CCCSc1ccc(Cl)cc1)c1nc2ccc([N+](=O)[O-])cc2s1. The van der Waals surface area contributed by atoms with Crippen LogP contribution in [0.5, 0.6) is 0 Å². The number of carbonyl (C=O) groups is 1. The second-order valence-corrected chi connectivity index (χ2v) is 10.1. The van der Waals surface area contributed by atoms with Crippen LogP contribution in [0.2, 0.25) is 5.02 Å². The zero-order valence-electron chi connectivity index (χ0n) is 18.0. The number of hydrogen-bond acceptors (Lipinski definition) is 7. The maximum atomic E-state index is 13.1. The number of benzene rings is 2. The molecule has 0 saturated carbocycles. The summed E-state index contributed by atoms with van der Waals surface area (Å²) in [4.78, 5) is 33.2. The molecule has 32 heavy (non-hydrogen) atoms. The number of nitro groups is 1. The topological polar surface area (TPSA) is 79.6 Å². The van der Waals surface area contributed by atoms with Crippen molar-refractivity contribution < 1.29 is 9.72 Å². The number of amides is 1. The Morgan fingerprint density at radius 3 is 2.59 bits per heavy atom. The average Bonchev–Trinajstić information content (AvgIpc) is 3.18. The zero-order valence-corrected chi connectivity index (χ0v) is 20.4. The van der Waals surface area contributed by atoms with Crippen LogP contribution in [0.3, 0.4) is 0 Å². The normalized spacial score (nSPS) is 11.2. The first kappa shape index (κ1) is 24.4. The molecule has 0 saturated heterocycles. The minimum atomic E-state index is -0.419. The van der Waals surface area contributed by atoms with E-state index in [1.54, 1.807) is 22.7 Å². The minimum absolute atomic E-state index is 0.0222. The Labute approximate surface area is 200 Å². The van der Waals surface area contributed by atoms with Crippen molar-refractivity contribution in [3.63, 3.8) is 0 Å². The van der Waals surface area contributed by atoms with E-state index in [0.29, 0.717) is 33.3 Å². The predicted molar refractivity (Wildman–Crippen MR) is 133 cm³/mol. The average molecular weight is 493 g/mol. The maximum absolute atomic E-state index is 13.1. The van der Waals surface area contributed by atoms with Crippen LogP contribution in [0.4, 0.5) is 10.8 Å². The lowest BCUT2D eigenvalue weighted by molar-refractivity contribution is -0.384. The van der Waals surface area contributed by atoms with Crippen molar-refractivity contribution in [3.8, 4) is 0 Å². The summed E-state index contributed by atoms with van der Waals surface area (Å²) in [5.74, 6) is 0.847. The third-order valence-corrected chi connectivity index (χ3v) is 7.10. The standard InChI is InChI=1S/C22H25ClN4O3S2/c1-25(2)12-4-13-26(21(28)5-3-14-31-18-9-6-16(23)7-10-18)22-24-19-11-8-17(27(29)30)15-20(19)32-22/h6-11,15H,3-5,12-14H2,1-2H3. The minimum Gasteiger partial charge on any atom is -0.309 e. The summed E-state index contributed by atoms with van der Waals surface area (Å²) < 4.78 is 0.706. The number of thiazole rings is 1. The van der Waals surface area contributed by atoms with Crippen LogP contribution in [-0.2, 0) is 4.79 Å². The molecule has 0 N–H and O–H groups in total. The lowest BCUT2D eigenvalue weighted by atomic mass is 10.3. The molecule has 0 fully saturated rings. The van der Waals surface area contributed by atoms with E-state index in [0.717, 1.165) is 30.0 Å². The number of anilines is 1. The predicted octanol–water partition coefficient (Wildman–Crippen LogP) is 5.72. The van der Waals surface area contributed by atoms with Gasteiger partial charge in [-0.2, -0.15) is 0 Å². The smallest absolute Gasteiger partial charge is 0.270 e. The summed E-state index contributed by atoms with van der Waals surface area (Å²) in [5.41, 5.74) is 0.691. The number of nitro benzene ring substituents is 1. The van der Waals surface area contributed by atoms with Gasteiger partial charge in [-0.05, 0) is 69.6 Å². The van der Waals surface area contributed by atoms with E-state index in [1.165, 1.54) is 23.5 Å². The molecule has 10 heteroatoms. The van der Waals surface area contributed by atoms with E-state index in [-0.39, 0.29) is 11.6 Å². The third kappa shape index (κ3) is 6.90. The Morgan fingerprint density at radius 1 is 1.16 bits per heavy atom.